The average molecular weight is 398 g/mol. The third kappa shape index (κ3) is 3.18. The lowest BCUT2D eigenvalue weighted by Crippen LogP contribution is -2.42. The Labute approximate surface area is 169 Å². The molecule has 2 aliphatic rings. The summed E-state index contributed by atoms with van der Waals surface area (Å²) in [6, 6.07) is 14.7. The molecule has 0 amide bonds. The zero-order chi connectivity index (χ0) is 18.4. The number of imidazole rings is 1. The molecule has 1 atom stereocenters. The molecule has 0 fully saturated rings. The van der Waals surface area contributed by atoms with Gasteiger partial charge in [0.2, 0.25) is 0 Å². The van der Waals surface area contributed by atoms with Crippen LogP contribution in [0.5, 0.6) is 0 Å². The molecule has 1 aromatic heterocycles. The molecule has 3 aromatic rings. The number of H-pyrrole nitrogens is 1. The maximum Gasteiger partial charge on any atom is 0.139 e. The number of aromatic amines is 1. The lowest BCUT2D eigenvalue weighted by molar-refractivity contribution is 0.160. The normalized spacial score (nSPS) is 19.6. The van der Waals surface area contributed by atoms with Crippen LogP contribution in [-0.2, 0) is 25.8 Å². The van der Waals surface area contributed by atoms with Crippen LogP contribution < -0.4 is 0 Å². The van der Waals surface area contributed by atoms with Crippen molar-refractivity contribution in [2.45, 2.75) is 38.3 Å². The topological polar surface area (TPSA) is 31.9 Å². The van der Waals surface area contributed by atoms with Crippen molar-refractivity contribution in [1.82, 2.24) is 14.9 Å². The SMILES string of the molecule is Clc1ccccc1-c1nc2c([nH]1)CN([C@H]1CCc3cccc(Cl)c3C1)CC2. The summed E-state index contributed by atoms with van der Waals surface area (Å²) in [4.78, 5) is 10.9. The Hall–Kier alpha value is -1.81. The number of nitrogens with zero attached hydrogens (tertiary/aromatic N) is 2. The fourth-order valence-corrected chi connectivity index (χ4v) is 4.94. The minimum Gasteiger partial charge on any atom is -0.340 e. The van der Waals surface area contributed by atoms with E-state index >= 15 is 0 Å². The maximum absolute atomic E-state index is 6.47. The Balaban J connectivity index is 1.38. The Bertz CT molecular complexity index is 995. The van der Waals surface area contributed by atoms with Crippen molar-refractivity contribution < 1.29 is 0 Å². The van der Waals surface area contributed by atoms with Crippen LogP contribution in [0.15, 0.2) is 42.5 Å². The fourth-order valence-electron chi connectivity index (χ4n) is 4.44. The summed E-state index contributed by atoms with van der Waals surface area (Å²) in [5, 5.41) is 1.65. The summed E-state index contributed by atoms with van der Waals surface area (Å²) in [6.07, 6.45) is 4.31. The Morgan fingerprint density at radius 1 is 1.00 bits per heavy atom. The summed E-state index contributed by atoms with van der Waals surface area (Å²) in [5.41, 5.74) is 6.12. The molecule has 0 bridgehead atoms. The second kappa shape index (κ2) is 6.97. The van der Waals surface area contributed by atoms with Crippen molar-refractivity contribution in [3.63, 3.8) is 0 Å². The van der Waals surface area contributed by atoms with Gasteiger partial charge in [0.05, 0.1) is 16.4 Å². The minimum absolute atomic E-state index is 0.539. The number of nitrogens with one attached hydrogen (secondary N) is 1. The Morgan fingerprint density at radius 3 is 2.74 bits per heavy atom. The van der Waals surface area contributed by atoms with E-state index in [1.165, 1.54) is 28.9 Å². The van der Waals surface area contributed by atoms with Gasteiger partial charge in [-0.2, -0.15) is 0 Å². The first-order valence-corrected chi connectivity index (χ1v) is 10.3. The zero-order valence-corrected chi connectivity index (χ0v) is 16.5. The summed E-state index contributed by atoms with van der Waals surface area (Å²) in [7, 11) is 0. The highest BCUT2D eigenvalue weighted by Gasteiger charge is 2.29. The fraction of sp³-hybridized carbons (Fsp3) is 0.318. The van der Waals surface area contributed by atoms with E-state index < -0.39 is 0 Å². The average Bonchev–Trinajstić information content (AvgIpc) is 3.11. The van der Waals surface area contributed by atoms with Gasteiger partial charge in [0, 0.05) is 36.1 Å². The first-order chi connectivity index (χ1) is 13.2. The standard InChI is InChI=1S/C22H21Cl2N3/c23-18-6-2-1-5-16(18)22-25-20-10-11-27(13-21(20)26-22)15-9-8-14-4-3-7-19(24)17(14)12-15/h1-7,15H,8-13H2,(H,25,26)/t15-/m0/s1. The number of hydrogen-bond acceptors (Lipinski definition) is 2. The van der Waals surface area contributed by atoms with Crippen LogP contribution >= 0.6 is 23.2 Å². The van der Waals surface area contributed by atoms with Gasteiger partial charge in [-0.15, -0.1) is 0 Å². The van der Waals surface area contributed by atoms with E-state index in [0.29, 0.717) is 6.04 Å². The Morgan fingerprint density at radius 2 is 1.85 bits per heavy atom. The molecular formula is C22H21Cl2N3. The number of rotatable bonds is 2. The predicted octanol–water partition coefficient (Wildman–Crippen LogP) is 5.30. The van der Waals surface area contributed by atoms with Crippen LogP contribution in [0.3, 0.4) is 0 Å². The van der Waals surface area contributed by atoms with Gasteiger partial charge in [-0.25, -0.2) is 4.98 Å². The number of benzene rings is 2. The smallest absolute Gasteiger partial charge is 0.139 e. The largest absolute Gasteiger partial charge is 0.340 e. The number of halogens is 2. The third-order valence-corrected chi connectivity index (χ3v) is 6.59. The molecule has 0 saturated heterocycles. The number of hydrogen-bond donors (Lipinski definition) is 1. The first-order valence-electron chi connectivity index (χ1n) is 9.52. The number of aryl methyl sites for hydroxylation is 1. The van der Waals surface area contributed by atoms with Crippen molar-refractivity contribution in [3.05, 3.63) is 75.0 Å². The molecule has 5 rings (SSSR count). The van der Waals surface area contributed by atoms with E-state index in [9.17, 15) is 0 Å². The molecular weight excluding hydrogens is 377 g/mol. The second-order valence-corrected chi connectivity index (χ2v) is 8.30. The van der Waals surface area contributed by atoms with Crippen molar-refractivity contribution in [1.29, 1.82) is 0 Å². The van der Waals surface area contributed by atoms with Crippen molar-refractivity contribution in [3.8, 4) is 11.4 Å². The molecule has 5 heteroatoms. The molecule has 0 spiro atoms. The molecule has 138 valence electrons. The van der Waals surface area contributed by atoms with Crippen LogP contribution in [-0.4, -0.2) is 27.5 Å². The summed E-state index contributed by atoms with van der Waals surface area (Å²) in [5.74, 6) is 0.879. The molecule has 1 N–H and O–H groups in total. The van der Waals surface area contributed by atoms with Gasteiger partial charge in [0.15, 0.2) is 0 Å². The molecule has 0 radical (unpaired) electrons. The van der Waals surface area contributed by atoms with E-state index in [1.807, 2.05) is 30.3 Å². The molecule has 0 unspecified atom stereocenters. The number of aromatic nitrogens is 2. The lowest BCUT2D eigenvalue weighted by atomic mass is 9.87. The molecule has 27 heavy (non-hydrogen) atoms. The van der Waals surface area contributed by atoms with Crippen molar-refractivity contribution >= 4 is 23.2 Å². The highest BCUT2D eigenvalue weighted by Crippen LogP contribution is 2.33. The highest BCUT2D eigenvalue weighted by molar-refractivity contribution is 6.33. The summed E-state index contributed by atoms with van der Waals surface area (Å²) in [6.45, 7) is 1.96. The lowest BCUT2D eigenvalue weighted by Gasteiger charge is -2.37. The van der Waals surface area contributed by atoms with E-state index in [0.717, 1.165) is 53.8 Å². The summed E-state index contributed by atoms with van der Waals surface area (Å²) >= 11 is 12.8. The predicted molar refractivity (Wildman–Crippen MR) is 110 cm³/mol. The van der Waals surface area contributed by atoms with E-state index in [4.69, 9.17) is 28.2 Å². The Kier molecular flexibility index (Phi) is 4.47. The van der Waals surface area contributed by atoms with Crippen molar-refractivity contribution in [2.24, 2.45) is 0 Å². The first kappa shape index (κ1) is 17.3. The van der Waals surface area contributed by atoms with Crippen LogP contribution in [0.4, 0.5) is 0 Å². The molecule has 2 aromatic carbocycles. The van der Waals surface area contributed by atoms with Gasteiger partial charge in [0.1, 0.15) is 5.82 Å². The van der Waals surface area contributed by atoms with Crippen LogP contribution in [0.25, 0.3) is 11.4 Å². The third-order valence-electron chi connectivity index (χ3n) is 5.91. The molecule has 2 heterocycles. The quantitative estimate of drug-likeness (QED) is 0.635. The summed E-state index contributed by atoms with van der Waals surface area (Å²) < 4.78 is 0. The van der Waals surface area contributed by atoms with Gasteiger partial charge in [0.25, 0.3) is 0 Å². The monoisotopic (exact) mass is 397 g/mol. The molecule has 0 saturated carbocycles. The van der Waals surface area contributed by atoms with Crippen LogP contribution in [0.2, 0.25) is 10.0 Å². The maximum atomic E-state index is 6.47. The van der Waals surface area contributed by atoms with Crippen LogP contribution in [0, 0.1) is 0 Å². The number of fused-ring (bicyclic) bond motifs is 2. The zero-order valence-electron chi connectivity index (χ0n) is 15.0. The van der Waals surface area contributed by atoms with E-state index in [-0.39, 0.29) is 0 Å². The molecule has 3 nitrogen and oxygen atoms in total. The van der Waals surface area contributed by atoms with Gasteiger partial charge in [-0.05, 0) is 48.6 Å². The highest BCUT2D eigenvalue weighted by atomic mass is 35.5. The van der Waals surface area contributed by atoms with Crippen LogP contribution in [0.1, 0.15) is 28.9 Å². The minimum atomic E-state index is 0.539. The van der Waals surface area contributed by atoms with Gasteiger partial charge in [-0.3, -0.25) is 4.90 Å². The van der Waals surface area contributed by atoms with Gasteiger partial charge >= 0.3 is 0 Å². The van der Waals surface area contributed by atoms with E-state index in [1.54, 1.807) is 0 Å². The van der Waals surface area contributed by atoms with E-state index in [2.05, 4.69) is 22.0 Å². The van der Waals surface area contributed by atoms with Crippen molar-refractivity contribution in [2.75, 3.05) is 6.54 Å². The molecule has 1 aliphatic heterocycles. The second-order valence-electron chi connectivity index (χ2n) is 7.49. The van der Waals surface area contributed by atoms with Gasteiger partial charge < -0.3 is 4.98 Å². The molecule has 1 aliphatic carbocycles. The van der Waals surface area contributed by atoms with Gasteiger partial charge in [-0.1, -0.05) is 47.5 Å².